The summed E-state index contributed by atoms with van der Waals surface area (Å²) in [6.07, 6.45) is 1.72. The van der Waals surface area contributed by atoms with Crippen molar-refractivity contribution >= 4 is 0 Å². The molecule has 1 atom stereocenters. The van der Waals surface area contributed by atoms with Crippen LogP contribution in [0.3, 0.4) is 0 Å². The third-order valence-corrected chi connectivity index (χ3v) is 3.27. The van der Waals surface area contributed by atoms with Crippen molar-refractivity contribution in [2.75, 3.05) is 14.2 Å². The lowest BCUT2D eigenvalue weighted by molar-refractivity contribution is 0.353. The second kappa shape index (κ2) is 6.26. The van der Waals surface area contributed by atoms with Crippen LogP contribution < -0.4 is 20.9 Å². The Hall–Kier alpha value is -1.26. The van der Waals surface area contributed by atoms with E-state index in [0.717, 1.165) is 29.7 Å². The van der Waals surface area contributed by atoms with Gasteiger partial charge in [0.2, 0.25) is 0 Å². The first-order chi connectivity index (χ1) is 8.78. The molecule has 0 aliphatic heterocycles. The molecule has 0 aliphatic rings. The van der Waals surface area contributed by atoms with E-state index in [-0.39, 0.29) is 11.6 Å². The molecular weight excluding hydrogens is 240 g/mol. The SMILES string of the molecule is COc1cc(C)c(C(N)CCC(C)(C)N)cc1OC. The maximum absolute atomic E-state index is 6.27. The van der Waals surface area contributed by atoms with E-state index in [4.69, 9.17) is 20.9 Å². The van der Waals surface area contributed by atoms with E-state index in [2.05, 4.69) is 0 Å². The van der Waals surface area contributed by atoms with Gasteiger partial charge in [-0.25, -0.2) is 0 Å². The van der Waals surface area contributed by atoms with Gasteiger partial charge in [0.1, 0.15) is 0 Å². The summed E-state index contributed by atoms with van der Waals surface area (Å²) in [5.41, 5.74) is 14.3. The van der Waals surface area contributed by atoms with E-state index in [0.29, 0.717) is 5.75 Å². The summed E-state index contributed by atoms with van der Waals surface area (Å²) < 4.78 is 10.6. The lowest BCUT2D eigenvalue weighted by Crippen LogP contribution is -2.32. The van der Waals surface area contributed by atoms with Crippen LogP contribution in [0.2, 0.25) is 0 Å². The molecule has 1 unspecified atom stereocenters. The highest BCUT2D eigenvalue weighted by atomic mass is 16.5. The number of ether oxygens (including phenoxy) is 2. The Kier molecular flexibility index (Phi) is 5.20. The molecule has 19 heavy (non-hydrogen) atoms. The molecule has 0 saturated carbocycles. The van der Waals surface area contributed by atoms with Crippen LogP contribution in [0.5, 0.6) is 11.5 Å². The first kappa shape index (κ1) is 15.8. The molecule has 0 fully saturated rings. The van der Waals surface area contributed by atoms with Crippen LogP contribution in [0.25, 0.3) is 0 Å². The van der Waals surface area contributed by atoms with Crippen LogP contribution in [-0.2, 0) is 0 Å². The molecule has 0 radical (unpaired) electrons. The van der Waals surface area contributed by atoms with Gasteiger partial charge in [-0.1, -0.05) is 0 Å². The Bertz CT molecular complexity index is 425. The van der Waals surface area contributed by atoms with Crippen LogP contribution in [-0.4, -0.2) is 19.8 Å². The molecule has 1 aromatic rings. The molecule has 0 heterocycles. The number of benzene rings is 1. The quantitative estimate of drug-likeness (QED) is 0.830. The molecular formula is C15H26N2O2. The van der Waals surface area contributed by atoms with Gasteiger partial charge >= 0.3 is 0 Å². The van der Waals surface area contributed by atoms with Crippen LogP contribution >= 0.6 is 0 Å². The van der Waals surface area contributed by atoms with Crippen molar-refractivity contribution in [3.8, 4) is 11.5 Å². The zero-order valence-corrected chi connectivity index (χ0v) is 12.6. The summed E-state index contributed by atoms with van der Waals surface area (Å²) in [5.74, 6) is 1.45. The van der Waals surface area contributed by atoms with Crippen molar-refractivity contribution in [3.63, 3.8) is 0 Å². The standard InChI is InChI=1S/C15H26N2O2/c1-10-8-13(18-4)14(19-5)9-11(10)12(16)6-7-15(2,3)17/h8-9,12H,6-7,16-17H2,1-5H3. The van der Waals surface area contributed by atoms with Gasteiger partial charge in [0.15, 0.2) is 11.5 Å². The topological polar surface area (TPSA) is 70.5 Å². The van der Waals surface area contributed by atoms with Crippen LogP contribution in [0.15, 0.2) is 12.1 Å². The summed E-state index contributed by atoms with van der Waals surface area (Å²) >= 11 is 0. The van der Waals surface area contributed by atoms with Gasteiger partial charge in [0, 0.05) is 11.6 Å². The van der Waals surface area contributed by atoms with E-state index >= 15 is 0 Å². The summed E-state index contributed by atoms with van der Waals surface area (Å²) in [5, 5.41) is 0. The molecule has 0 spiro atoms. The molecule has 108 valence electrons. The fourth-order valence-corrected chi connectivity index (χ4v) is 2.08. The van der Waals surface area contributed by atoms with Crippen LogP contribution in [0, 0.1) is 6.92 Å². The number of rotatable bonds is 6. The van der Waals surface area contributed by atoms with Crippen LogP contribution in [0.1, 0.15) is 43.9 Å². The third kappa shape index (κ3) is 4.40. The van der Waals surface area contributed by atoms with Gasteiger partial charge in [-0.2, -0.15) is 0 Å². The summed E-state index contributed by atoms with van der Waals surface area (Å²) in [6.45, 7) is 6.06. The van der Waals surface area contributed by atoms with Gasteiger partial charge in [-0.05, 0) is 56.9 Å². The molecule has 4 nitrogen and oxygen atoms in total. The largest absolute Gasteiger partial charge is 0.493 e. The number of hydrogen-bond donors (Lipinski definition) is 2. The zero-order valence-electron chi connectivity index (χ0n) is 12.6. The molecule has 0 aromatic heterocycles. The fourth-order valence-electron chi connectivity index (χ4n) is 2.08. The van der Waals surface area contributed by atoms with Gasteiger partial charge < -0.3 is 20.9 Å². The Morgan fingerprint density at radius 3 is 2.16 bits per heavy atom. The highest BCUT2D eigenvalue weighted by Gasteiger charge is 2.17. The van der Waals surface area contributed by atoms with E-state index in [1.807, 2.05) is 32.9 Å². The molecule has 0 saturated heterocycles. The van der Waals surface area contributed by atoms with Crippen molar-refractivity contribution in [2.45, 2.75) is 45.2 Å². The minimum absolute atomic E-state index is 0.0392. The minimum Gasteiger partial charge on any atom is -0.493 e. The molecule has 0 bridgehead atoms. The van der Waals surface area contributed by atoms with Crippen molar-refractivity contribution < 1.29 is 9.47 Å². The van der Waals surface area contributed by atoms with E-state index in [1.54, 1.807) is 14.2 Å². The third-order valence-electron chi connectivity index (χ3n) is 3.27. The number of methoxy groups -OCH3 is 2. The fraction of sp³-hybridized carbons (Fsp3) is 0.600. The Morgan fingerprint density at radius 1 is 1.16 bits per heavy atom. The van der Waals surface area contributed by atoms with Gasteiger partial charge in [-0.15, -0.1) is 0 Å². The lowest BCUT2D eigenvalue weighted by atomic mass is 9.92. The van der Waals surface area contributed by atoms with Crippen molar-refractivity contribution in [1.29, 1.82) is 0 Å². The molecule has 0 aliphatic carbocycles. The number of nitrogens with two attached hydrogens (primary N) is 2. The molecule has 4 N–H and O–H groups in total. The van der Waals surface area contributed by atoms with Crippen LogP contribution in [0.4, 0.5) is 0 Å². The Labute approximate surface area is 116 Å². The average Bonchev–Trinajstić information content (AvgIpc) is 2.34. The van der Waals surface area contributed by atoms with E-state index in [1.165, 1.54) is 0 Å². The normalized spacial score (nSPS) is 13.2. The van der Waals surface area contributed by atoms with Gasteiger partial charge in [-0.3, -0.25) is 0 Å². The number of aryl methyl sites for hydroxylation is 1. The van der Waals surface area contributed by atoms with E-state index in [9.17, 15) is 0 Å². The van der Waals surface area contributed by atoms with Gasteiger partial charge in [0.25, 0.3) is 0 Å². The van der Waals surface area contributed by atoms with Crippen molar-refractivity contribution in [1.82, 2.24) is 0 Å². The predicted molar refractivity (Wildman–Crippen MR) is 78.7 cm³/mol. The lowest BCUT2D eigenvalue weighted by Gasteiger charge is -2.23. The maximum Gasteiger partial charge on any atom is 0.161 e. The summed E-state index contributed by atoms with van der Waals surface area (Å²) in [7, 11) is 3.26. The molecule has 1 rings (SSSR count). The molecule has 4 heteroatoms. The smallest absolute Gasteiger partial charge is 0.161 e. The number of hydrogen-bond acceptors (Lipinski definition) is 4. The van der Waals surface area contributed by atoms with Crippen molar-refractivity contribution in [2.24, 2.45) is 11.5 Å². The second-order valence-electron chi connectivity index (χ2n) is 5.70. The first-order valence-electron chi connectivity index (χ1n) is 6.55. The average molecular weight is 266 g/mol. The Morgan fingerprint density at radius 2 is 1.68 bits per heavy atom. The highest BCUT2D eigenvalue weighted by molar-refractivity contribution is 5.48. The first-order valence-corrected chi connectivity index (χ1v) is 6.55. The second-order valence-corrected chi connectivity index (χ2v) is 5.70. The summed E-state index contributed by atoms with van der Waals surface area (Å²) in [4.78, 5) is 0. The minimum atomic E-state index is -0.192. The van der Waals surface area contributed by atoms with Gasteiger partial charge in [0.05, 0.1) is 14.2 Å². The monoisotopic (exact) mass is 266 g/mol. The molecule has 1 aromatic carbocycles. The zero-order chi connectivity index (χ0) is 14.6. The van der Waals surface area contributed by atoms with Crippen molar-refractivity contribution in [3.05, 3.63) is 23.3 Å². The van der Waals surface area contributed by atoms with E-state index < -0.39 is 0 Å². The predicted octanol–water partition coefficient (Wildman–Crippen LogP) is 2.53. The highest BCUT2D eigenvalue weighted by Crippen LogP contribution is 2.33. The maximum atomic E-state index is 6.27. The Balaban J connectivity index is 2.93. The summed E-state index contributed by atoms with van der Waals surface area (Å²) in [6, 6.07) is 3.88. The molecule has 0 amide bonds.